The first-order valence-electron chi connectivity index (χ1n) is 7.03. The van der Waals surface area contributed by atoms with Crippen LogP contribution in [-0.2, 0) is 4.79 Å². The smallest absolute Gasteiger partial charge is 0.221 e. The summed E-state index contributed by atoms with van der Waals surface area (Å²) in [6.07, 6.45) is 1.11. The maximum Gasteiger partial charge on any atom is 0.221 e. The highest BCUT2D eigenvalue weighted by Crippen LogP contribution is 2.25. The lowest BCUT2D eigenvalue weighted by molar-refractivity contribution is -0.114. The number of carbonyl (C=O) groups is 1. The van der Waals surface area contributed by atoms with Crippen molar-refractivity contribution in [1.29, 1.82) is 0 Å². The van der Waals surface area contributed by atoms with Gasteiger partial charge in [-0.05, 0) is 24.1 Å². The third-order valence-corrected chi connectivity index (χ3v) is 3.59. The summed E-state index contributed by atoms with van der Waals surface area (Å²) in [4.78, 5) is 13.5. The summed E-state index contributed by atoms with van der Waals surface area (Å²) < 4.78 is 0. The van der Waals surface area contributed by atoms with Crippen molar-refractivity contribution in [3.63, 3.8) is 0 Å². The van der Waals surface area contributed by atoms with E-state index in [1.807, 2.05) is 12.1 Å². The summed E-state index contributed by atoms with van der Waals surface area (Å²) in [6, 6.07) is 8.71. The number of hydrogen-bond donors (Lipinski definition) is 2. The lowest BCUT2D eigenvalue weighted by atomic mass is 10.0. The first kappa shape index (κ1) is 14.0. The van der Waals surface area contributed by atoms with E-state index in [-0.39, 0.29) is 5.91 Å². The second-order valence-electron chi connectivity index (χ2n) is 5.01. The number of amides is 1. The van der Waals surface area contributed by atoms with Crippen molar-refractivity contribution in [2.24, 2.45) is 0 Å². The summed E-state index contributed by atoms with van der Waals surface area (Å²) in [7, 11) is 0. The number of benzene rings is 1. The molecule has 1 fully saturated rings. The Balaban J connectivity index is 2.07. The van der Waals surface area contributed by atoms with E-state index in [2.05, 4.69) is 34.6 Å². The Kier molecular flexibility index (Phi) is 4.93. The molecule has 4 nitrogen and oxygen atoms in total. The molecular weight excluding hydrogens is 238 g/mol. The molecule has 0 saturated carbocycles. The van der Waals surface area contributed by atoms with Crippen LogP contribution >= 0.6 is 0 Å². The number of anilines is 1. The van der Waals surface area contributed by atoms with Gasteiger partial charge in [-0.3, -0.25) is 9.69 Å². The van der Waals surface area contributed by atoms with Crippen LogP contribution in [-0.4, -0.2) is 37.0 Å². The molecule has 0 aliphatic carbocycles. The van der Waals surface area contributed by atoms with E-state index in [4.69, 9.17) is 0 Å². The maximum absolute atomic E-state index is 11.0. The molecule has 1 atom stereocenters. The van der Waals surface area contributed by atoms with E-state index in [0.29, 0.717) is 6.04 Å². The summed E-state index contributed by atoms with van der Waals surface area (Å²) in [6.45, 7) is 8.11. The molecule has 104 valence electrons. The molecule has 19 heavy (non-hydrogen) atoms. The van der Waals surface area contributed by atoms with Gasteiger partial charge in [0.05, 0.1) is 0 Å². The molecule has 0 spiro atoms. The molecular formula is C15H23N3O. The molecule has 1 aromatic rings. The number of hydrogen-bond acceptors (Lipinski definition) is 3. The summed E-state index contributed by atoms with van der Waals surface area (Å²) in [5.74, 6) is -0.0260. The predicted molar refractivity (Wildman–Crippen MR) is 78.2 cm³/mol. The highest BCUT2D eigenvalue weighted by atomic mass is 16.1. The third-order valence-electron chi connectivity index (χ3n) is 3.59. The standard InChI is InChI=1S/C15H23N3O/c1-3-15(18-10-8-16-9-11-18)13-4-6-14(7-5-13)17-12(2)19/h4-7,15-16H,3,8-11H2,1-2H3,(H,17,19)/t15-/m1/s1. The number of nitrogens with zero attached hydrogens (tertiary/aromatic N) is 1. The molecule has 1 aromatic carbocycles. The van der Waals surface area contributed by atoms with Crippen LogP contribution in [0.3, 0.4) is 0 Å². The van der Waals surface area contributed by atoms with E-state index < -0.39 is 0 Å². The number of rotatable bonds is 4. The zero-order chi connectivity index (χ0) is 13.7. The van der Waals surface area contributed by atoms with Crippen molar-refractivity contribution in [2.45, 2.75) is 26.3 Å². The number of nitrogens with one attached hydrogen (secondary N) is 2. The number of piperazine rings is 1. The van der Waals surface area contributed by atoms with Gasteiger partial charge in [0.15, 0.2) is 0 Å². The van der Waals surface area contributed by atoms with Gasteiger partial charge in [-0.1, -0.05) is 19.1 Å². The van der Waals surface area contributed by atoms with Crippen LogP contribution in [0.2, 0.25) is 0 Å². The molecule has 0 aromatic heterocycles. The molecule has 1 saturated heterocycles. The van der Waals surface area contributed by atoms with Gasteiger partial charge < -0.3 is 10.6 Å². The molecule has 2 rings (SSSR count). The van der Waals surface area contributed by atoms with Crippen molar-refractivity contribution in [3.8, 4) is 0 Å². The molecule has 1 aliphatic rings. The Morgan fingerprint density at radius 3 is 2.47 bits per heavy atom. The summed E-state index contributed by atoms with van der Waals surface area (Å²) >= 11 is 0. The topological polar surface area (TPSA) is 44.4 Å². The molecule has 0 radical (unpaired) electrons. The van der Waals surface area contributed by atoms with Crippen molar-refractivity contribution < 1.29 is 4.79 Å². The Morgan fingerprint density at radius 1 is 1.32 bits per heavy atom. The van der Waals surface area contributed by atoms with Crippen molar-refractivity contribution in [2.75, 3.05) is 31.5 Å². The second-order valence-corrected chi connectivity index (χ2v) is 5.01. The summed E-state index contributed by atoms with van der Waals surface area (Å²) in [5.41, 5.74) is 2.20. The third kappa shape index (κ3) is 3.78. The van der Waals surface area contributed by atoms with E-state index in [1.165, 1.54) is 12.5 Å². The Bertz CT molecular complexity index is 410. The Morgan fingerprint density at radius 2 is 1.95 bits per heavy atom. The van der Waals surface area contributed by atoms with Crippen molar-refractivity contribution >= 4 is 11.6 Å². The van der Waals surface area contributed by atoms with Gasteiger partial charge in [-0.15, -0.1) is 0 Å². The minimum atomic E-state index is -0.0260. The minimum Gasteiger partial charge on any atom is -0.326 e. The zero-order valence-electron chi connectivity index (χ0n) is 11.8. The monoisotopic (exact) mass is 261 g/mol. The SMILES string of the molecule is CC[C@H](c1ccc(NC(C)=O)cc1)N1CCNCC1. The Labute approximate surface area is 115 Å². The average molecular weight is 261 g/mol. The van der Waals surface area contributed by atoms with Gasteiger partial charge in [0, 0.05) is 44.8 Å². The average Bonchev–Trinajstić information content (AvgIpc) is 2.42. The molecule has 4 heteroatoms. The fraction of sp³-hybridized carbons (Fsp3) is 0.533. The first-order chi connectivity index (χ1) is 9.20. The predicted octanol–water partition coefficient (Wildman–Crippen LogP) is 2.00. The van der Waals surface area contributed by atoms with Gasteiger partial charge >= 0.3 is 0 Å². The molecule has 1 amide bonds. The normalized spacial score (nSPS) is 18.0. The van der Waals surface area contributed by atoms with Crippen LogP contribution in [0.5, 0.6) is 0 Å². The maximum atomic E-state index is 11.0. The first-order valence-corrected chi connectivity index (χ1v) is 7.03. The highest BCUT2D eigenvalue weighted by Gasteiger charge is 2.20. The zero-order valence-corrected chi connectivity index (χ0v) is 11.8. The van der Waals surface area contributed by atoms with Gasteiger partial charge in [0.2, 0.25) is 5.91 Å². The van der Waals surface area contributed by atoms with Gasteiger partial charge in [-0.2, -0.15) is 0 Å². The molecule has 2 N–H and O–H groups in total. The lowest BCUT2D eigenvalue weighted by Gasteiger charge is -2.34. The van der Waals surface area contributed by atoms with E-state index >= 15 is 0 Å². The van der Waals surface area contributed by atoms with Crippen LogP contribution in [0.25, 0.3) is 0 Å². The van der Waals surface area contributed by atoms with Crippen LogP contribution < -0.4 is 10.6 Å². The lowest BCUT2D eigenvalue weighted by Crippen LogP contribution is -2.45. The minimum absolute atomic E-state index is 0.0260. The van der Waals surface area contributed by atoms with Crippen molar-refractivity contribution in [3.05, 3.63) is 29.8 Å². The van der Waals surface area contributed by atoms with E-state index in [0.717, 1.165) is 38.3 Å². The second kappa shape index (κ2) is 6.68. The summed E-state index contributed by atoms with van der Waals surface area (Å²) in [5, 5.41) is 6.19. The Hall–Kier alpha value is -1.39. The quantitative estimate of drug-likeness (QED) is 0.871. The van der Waals surface area contributed by atoms with E-state index in [1.54, 1.807) is 0 Å². The van der Waals surface area contributed by atoms with Crippen LogP contribution in [0.4, 0.5) is 5.69 Å². The molecule has 1 heterocycles. The number of carbonyl (C=O) groups excluding carboxylic acids is 1. The largest absolute Gasteiger partial charge is 0.326 e. The van der Waals surface area contributed by atoms with E-state index in [9.17, 15) is 4.79 Å². The molecule has 0 bridgehead atoms. The fourth-order valence-electron chi connectivity index (χ4n) is 2.69. The van der Waals surface area contributed by atoms with Gasteiger partial charge in [0.1, 0.15) is 0 Å². The van der Waals surface area contributed by atoms with Crippen LogP contribution in [0.15, 0.2) is 24.3 Å². The van der Waals surface area contributed by atoms with Gasteiger partial charge in [0.25, 0.3) is 0 Å². The molecule has 0 unspecified atom stereocenters. The van der Waals surface area contributed by atoms with Crippen molar-refractivity contribution in [1.82, 2.24) is 10.2 Å². The highest BCUT2D eigenvalue weighted by molar-refractivity contribution is 5.88. The molecule has 1 aliphatic heterocycles. The van der Waals surface area contributed by atoms with Crippen LogP contribution in [0.1, 0.15) is 31.9 Å². The fourth-order valence-corrected chi connectivity index (χ4v) is 2.69. The van der Waals surface area contributed by atoms with Crippen LogP contribution in [0, 0.1) is 0 Å². The van der Waals surface area contributed by atoms with Gasteiger partial charge in [-0.25, -0.2) is 0 Å².